The highest BCUT2D eigenvalue weighted by Crippen LogP contribution is 2.21. The van der Waals surface area contributed by atoms with Gasteiger partial charge in [-0.2, -0.15) is 5.26 Å². The van der Waals surface area contributed by atoms with E-state index in [0.717, 1.165) is 0 Å². The number of hydrogen-bond donors (Lipinski definition) is 1. The molecule has 84 valence electrons. The molecule has 0 fully saturated rings. The molecule has 0 saturated carbocycles. The normalized spacial score (nSPS) is 9.88. The van der Waals surface area contributed by atoms with Crippen LogP contribution in [0.25, 0.3) is 5.69 Å². The van der Waals surface area contributed by atoms with Crippen molar-refractivity contribution < 1.29 is 9.90 Å². The van der Waals surface area contributed by atoms with E-state index in [2.05, 4.69) is 20.9 Å². The minimum Gasteiger partial charge on any atom is -0.478 e. The summed E-state index contributed by atoms with van der Waals surface area (Å²) in [5.74, 6) is -0.909. The zero-order valence-corrected chi connectivity index (χ0v) is 10.0. The van der Waals surface area contributed by atoms with Crippen molar-refractivity contribution in [2.24, 2.45) is 0 Å². The summed E-state index contributed by atoms with van der Waals surface area (Å²) in [6.07, 6.45) is 3.00. The second-order valence-corrected chi connectivity index (χ2v) is 4.11. The van der Waals surface area contributed by atoms with Gasteiger partial charge in [-0.1, -0.05) is 15.9 Å². The largest absolute Gasteiger partial charge is 0.478 e. The van der Waals surface area contributed by atoms with Crippen molar-refractivity contribution in [3.63, 3.8) is 0 Å². The van der Waals surface area contributed by atoms with Gasteiger partial charge in [0, 0.05) is 16.9 Å². The number of carboxylic acid groups (broad SMARTS) is 1. The predicted molar refractivity (Wildman–Crippen MR) is 62.9 cm³/mol. The van der Waals surface area contributed by atoms with E-state index in [1.54, 1.807) is 18.3 Å². The van der Waals surface area contributed by atoms with Gasteiger partial charge in [0.1, 0.15) is 6.07 Å². The van der Waals surface area contributed by atoms with E-state index in [4.69, 9.17) is 10.4 Å². The summed E-state index contributed by atoms with van der Waals surface area (Å²) in [5.41, 5.74) is 0.517. The van der Waals surface area contributed by atoms with Gasteiger partial charge in [0.15, 0.2) is 0 Å². The molecule has 6 heteroatoms. The Morgan fingerprint density at radius 1 is 1.53 bits per heavy atom. The van der Waals surface area contributed by atoms with Gasteiger partial charge in [0.25, 0.3) is 0 Å². The molecule has 0 aliphatic rings. The molecular weight excluding hydrogens is 286 g/mol. The lowest BCUT2D eigenvalue weighted by atomic mass is 10.2. The summed E-state index contributed by atoms with van der Waals surface area (Å²) in [7, 11) is 0. The van der Waals surface area contributed by atoms with Crippen molar-refractivity contribution in [2.75, 3.05) is 0 Å². The molecular formula is C11H6BrN3O2. The first-order chi connectivity index (χ1) is 8.13. The molecule has 1 N–H and O–H groups in total. The third-order valence-electron chi connectivity index (χ3n) is 2.19. The fourth-order valence-corrected chi connectivity index (χ4v) is 1.83. The Kier molecular flexibility index (Phi) is 2.93. The number of nitriles is 1. The van der Waals surface area contributed by atoms with Crippen molar-refractivity contribution in [3.8, 4) is 11.8 Å². The van der Waals surface area contributed by atoms with Crippen molar-refractivity contribution >= 4 is 21.9 Å². The number of aromatic nitrogens is 2. The fraction of sp³-hybridized carbons (Fsp3) is 0. The minimum absolute atomic E-state index is 0.105. The van der Waals surface area contributed by atoms with E-state index < -0.39 is 5.97 Å². The van der Waals surface area contributed by atoms with Crippen LogP contribution in [0.4, 0.5) is 0 Å². The number of carbonyl (C=O) groups is 1. The summed E-state index contributed by atoms with van der Waals surface area (Å²) >= 11 is 3.21. The van der Waals surface area contributed by atoms with Crippen LogP contribution >= 0.6 is 15.9 Å². The Hall–Kier alpha value is -2.13. The Balaban J connectivity index is 2.68. The van der Waals surface area contributed by atoms with Gasteiger partial charge in [-0.05, 0) is 18.2 Å². The average Bonchev–Trinajstić information content (AvgIpc) is 2.76. The molecule has 0 spiro atoms. The molecule has 0 radical (unpaired) electrons. The molecule has 17 heavy (non-hydrogen) atoms. The number of hydrogen-bond acceptors (Lipinski definition) is 3. The summed E-state index contributed by atoms with van der Waals surface area (Å²) < 4.78 is 2.10. The summed E-state index contributed by atoms with van der Waals surface area (Å²) in [6.45, 7) is 0. The minimum atomic E-state index is -1.06. The van der Waals surface area contributed by atoms with Crippen LogP contribution in [0.1, 0.15) is 16.2 Å². The van der Waals surface area contributed by atoms with E-state index in [-0.39, 0.29) is 11.4 Å². The van der Waals surface area contributed by atoms with E-state index in [1.165, 1.54) is 16.8 Å². The molecule has 0 unspecified atom stereocenters. The SMILES string of the molecule is N#Cc1nccn1-c1ccc(Br)cc1C(=O)O. The second-order valence-electron chi connectivity index (χ2n) is 3.20. The molecule has 0 aliphatic carbocycles. The molecule has 0 aliphatic heterocycles. The molecule has 0 saturated heterocycles. The molecule has 5 nitrogen and oxygen atoms in total. The number of aromatic carboxylic acids is 1. The standard InChI is InChI=1S/C11H6BrN3O2/c12-7-1-2-9(8(5-7)11(16)17)15-4-3-14-10(15)6-13/h1-5H,(H,16,17). The van der Waals surface area contributed by atoms with Crippen LogP contribution in [-0.2, 0) is 0 Å². The van der Waals surface area contributed by atoms with Gasteiger partial charge >= 0.3 is 5.97 Å². The smallest absolute Gasteiger partial charge is 0.337 e. The first-order valence-electron chi connectivity index (χ1n) is 4.60. The maximum atomic E-state index is 11.1. The van der Waals surface area contributed by atoms with Crippen molar-refractivity contribution in [2.45, 2.75) is 0 Å². The van der Waals surface area contributed by atoms with Gasteiger partial charge < -0.3 is 5.11 Å². The molecule has 1 aromatic carbocycles. The van der Waals surface area contributed by atoms with Crippen LogP contribution < -0.4 is 0 Å². The number of imidazole rings is 1. The van der Waals surface area contributed by atoms with Gasteiger partial charge in [-0.15, -0.1) is 0 Å². The van der Waals surface area contributed by atoms with Gasteiger partial charge in [-0.3, -0.25) is 4.57 Å². The summed E-state index contributed by atoms with van der Waals surface area (Å²) in [5, 5.41) is 18.0. The Labute approximate surface area is 105 Å². The van der Waals surface area contributed by atoms with Gasteiger partial charge in [0.2, 0.25) is 5.82 Å². The predicted octanol–water partition coefficient (Wildman–Crippen LogP) is 2.20. The number of rotatable bonds is 2. The quantitative estimate of drug-likeness (QED) is 0.920. The Bertz CT molecular complexity index is 628. The molecule has 1 heterocycles. The molecule has 0 atom stereocenters. The zero-order valence-electron chi connectivity index (χ0n) is 8.46. The van der Waals surface area contributed by atoms with E-state index in [9.17, 15) is 4.79 Å². The lowest BCUT2D eigenvalue weighted by Crippen LogP contribution is -2.06. The van der Waals surface area contributed by atoms with Crippen molar-refractivity contribution in [1.82, 2.24) is 9.55 Å². The summed E-state index contributed by atoms with van der Waals surface area (Å²) in [4.78, 5) is 15.0. The number of halogens is 1. The maximum absolute atomic E-state index is 11.1. The molecule has 1 aromatic heterocycles. The zero-order chi connectivity index (χ0) is 12.4. The first kappa shape index (κ1) is 11.4. The monoisotopic (exact) mass is 291 g/mol. The lowest BCUT2D eigenvalue weighted by Gasteiger charge is -2.08. The molecule has 2 aromatic rings. The number of nitrogens with zero attached hydrogens (tertiary/aromatic N) is 3. The van der Waals surface area contributed by atoms with Gasteiger partial charge in [0.05, 0.1) is 11.3 Å². The molecule has 0 bridgehead atoms. The second kappa shape index (κ2) is 4.39. The van der Waals surface area contributed by atoms with Crippen LogP contribution in [0.5, 0.6) is 0 Å². The highest BCUT2D eigenvalue weighted by molar-refractivity contribution is 9.10. The first-order valence-corrected chi connectivity index (χ1v) is 5.39. The number of benzene rings is 1. The third kappa shape index (κ3) is 2.05. The van der Waals surface area contributed by atoms with Crippen LogP contribution in [0, 0.1) is 11.3 Å². The van der Waals surface area contributed by atoms with E-state index in [0.29, 0.717) is 10.2 Å². The Morgan fingerprint density at radius 2 is 2.29 bits per heavy atom. The van der Waals surface area contributed by atoms with Crippen molar-refractivity contribution in [1.29, 1.82) is 5.26 Å². The number of carboxylic acids is 1. The van der Waals surface area contributed by atoms with Crippen molar-refractivity contribution in [3.05, 3.63) is 46.5 Å². The van der Waals surface area contributed by atoms with Gasteiger partial charge in [-0.25, -0.2) is 9.78 Å². The molecule has 0 amide bonds. The van der Waals surface area contributed by atoms with Crippen LogP contribution in [0.2, 0.25) is 0 Å². The van der Waals surface area contributed by atoms with E-state index in [1.807, 2.05) is 6.07 Å². The van der Waals surface area contributed by atoms with E-state index >= 15 is 0 Å². The highest BCUT2D eigenvalue weighted by Gasteiger charge is 2.14. The fourth-order valence-electron chi connectivity index (χ4n) is 1.47. The van der Waals surface area contributed by atoms with Crippen LogP contribution in [0.15, 0.2) is 35.1 Å². The summed E-state index contributed by atoms with van der Waals surface area (Å²) in [6, 6.07) is 6.72. The van der Waals surface area contributed by atoms with Crippen LogP contribution in [0.3, 0.4) is 0 Å². The Morgan fingerprint density at radius 3 is 2.94 bits per heavy atom. The third-order valence-corrected chi connectivity index (χ3v) is 2.68. The molecule has 2 rings (SSSR count). The van der Waals surface area contributed by atoms with Crippen LogP contribution in [-0.4, -0.2) is 20.6 Å². The lowest BCUT2D eigenvalue weighted by molar-refractivity contribution is 0.0697. The topological polar surface area (TPSA) is 78.9 Å². The highest BCUT2D eigenvalue weighted by atomic mass is 79.9. The maximum Gasteiger partial charge on any atom is 0.337 e. The average molecular weight is 292 g/mol.